The molecule has 0 aromatic heterocycles. The number of carbonyl (C=O) groups excluding carboxylic acids is 1. The summed E-state index contributed by atoms with van der Waals surface area (Å²) >= 11 is 0. The fourth-order valence-electron chi connectivity index (χ4n) is 2.33. The summed E-state index contributed by atoms with van der Waals surface area (Å²) < 4.78 is 0. The number of hydrogen-bond acceptors (Lipinski definition) is 3. The van der Waals surface area contributed by atoms with E-state index in [-0.39, 0.29) is 11.7 Å². The zero-order chi connectivity index (χ0) is 14.7. The number of benzene rings is 1. The summed E-state index contributed by atoms with van der Waals surface area (Å²) in [5.41, 5.74) is 8.37. The third kappa shape index (κ3) is 3.29. The molecule has 0 aliphatic heterocycles. The number of amides is 1. The van der Waals surface area contributed by atoms with Gasteiger partial charge in [-0.3, -0.25) is 4.79 Å². The molecule has 1 amide bonds. The van der Waals surface area contributed by atoms with Gasteiger partial charge < -0.3 is 15.8 Å². The van der Waals surface area contributed by atoms with Gasteiger partial charge in [0.1, 0.15) is 5.84 Å². The number of rotatable bonds is 5. The minimum atomic E-state index is 0.0377. The molecule has 0 unspecified atom stereocenters. The standard InChI is InChI=1S/C15H21N3O2/c1-10-3-6-13(11(2)9-10)15(19)18(12-4-5-12)8-7-14(16)17-20/h3,6,9,12,20H,4-5,7-8H2,1-2H3,(H2,16,17). The average molecular weight is 275 g/mol. The maximum absolute atomic E-state index is 12.6. The molecular weight excluding hydrogens is 254 g/mol. The fraction of sp³-hybridized carbons (Fsp3) is 0.467. The molecule has 3 N–H and O–H groups in total. The van der Waals surface area contributed by atoms with Crippen molar-refractivity contribution in [3.05, 3.63) is 34.9 Å². The van der Waals surface area contributed by atoms with E-state index in [0.717, 1.165) is 29.5 Å². The Kier molecular flexibility index (Phi) is 4.27. The van der Waals surface area contributed by atoms with Crippen molar-refractivity contribution in [1.29, 1.82) is 0 Å². The normalized spacial score (nSPS) is 15.2. The van der Waals surface area contributed by atoms with Gasteiger partial charge in [0.05, 0.1) is 0 Å². The van der Waals surface area contributed by atoms with E-state index in [2.05, 4.69) is 5.16 Å². The van der Waals surface area contributed by atoms with Crippen LogP contribution in [0.15, 0.2) is 23.4 Å². The van der Waals surface area contributed by atoms with E-state index >= 15 is 0 Å². The van der Waals surface area contributed by atoms with E-state index in [0.29, 0.717) is 19.0 Å². The SMILES string of the molecule is Cc1ccc(C(=O)N(CCC(N)=NO)C2CC2)c(C)c1. The Morgan fingerprint density at radius 2 is 2.15 bits per heavy atom. The van der Waals surface area contributed by atoms with Gasteiger partial charge in [0, 0.05) is 24.6 Å². The van der Waals surface area contributed by atoms with Crippen molar-refractivity contribution < 1.29 is 10.0 Å². The lowest BCUT2D eigenvalue weighted by molar-refractivity contribution is 0.0746. The molecule has 0 atom stereocenters. The lowest BCUT2D eigenvalue weighted by Gasteiger charge is -2.23. The lowest BCUT2D eigenvalue weighted by atomic mass is 10.0. The molecule has 1 saturated carbocycles. The first-order valence-corrected chi connectivity index (χ1v) is 6.87. The summed E-state index contributed by atoms with van der Waals surface area (Å²) in [6.45, 7) is 4.46. The molecule has 1 fully saturated rings. The molecule has 1 aliphatic carbocycles. The van der Waals surface area contributed by atoms with Gasteiger partial charge in [-0.05, 0) is 38.3 Å². The van der Waals surface area contributed by atoms with Crippen molar-refractivity contribution in [3.63, 3.8) is 0 Å². The van der Waals surface area contributed by atoms with Gasteiger partial charge in [-0.25, -0.2) is 0 Å². The van der Waals surface area contributed by atoms with Crippen molar-refractivity contribution in [3.8, 4) is 0 Å². The van der Waals surface area contributed by atoms with Crippen LogP contribution in [0.3, 0.4) is 0 Å². The largest absolute Gasteiger partial charge is 0.409 e. The van der Waals surface area contributed by atoms with E-state index < -0.39 is 0 Å². The average Bonchev–Trinajstić information content (AvgIpc) is 3.23. The van der Waals surface area contributed by atoms with E-state index in [9.17, 15) is 4.79 Å². The Morgan fingerprint density at radius 3 is 2.70 bits per heavy atom. The van der Waals surface area contributed by atoms with E-state index in [1.807, 2.05) is 36.9 Å². The van der Waals surface area contributed by atoms with Crippen molar-refractivity contribution in [2.75, 3.05) is 6.54 Å². The number of oxime groups is 1. The van der Waals surface area contributed by atoms with Gasteiger partial charge in [0.2, 0.25) is 0 Å². The topological polar surface area (TPSA) is 78.9 Å². The van der Waals surface area contributed by atoms with Crippen LogP contribution in [0, 0.1) is 13.8 Å². The third-order valence-corrected chi connectivity index (χ3v) is 3.60. The van der Waals surface area contributed by atoms with Crippen LogP contribution in [0.25, 0.3) is 0 Å². The van der Waals surface area contributed by atoms with Crippen LogP contribution < -0.4 is 5.73 Å². The van der Waals surface area contributed by atoms with E-state index in [1.165, 1.54) is 0 Å². The van der Waals surface area contributed by atoms with Crippen LogP contribution in [-0.2, 0) is 0 Å². The molecule has 0 saturated heterocycles. The van der Waals surface area contributed by atoms with E-state index in [1.54, 1.807) is 0 Å². The fourth-order valence-corrected chi connectivity index (χ4v) is 2.33. The number of hydrogen-bond donors (Lipinski definition) is 2. The summed E-state index contributed by atoms with van der Waals surface area (Å²) in [5.74, 6) is 0.194. The van der Waals surface area contributed by atoms with Crippen molar-refractivity contribution in [2.45, 2.75) is 39.2 Å². The van der Waals surface area contributed by atoms with Crippen LogP contribution in [0.1, 0.15) is 40.7 Å². The van der Waals surface area contributed by atoms with E-state index in [4.69, 9.17) is 10.9 Å². The molecule has 1 aliphatic rings. The molecule has 1 aromatic rings. The first-order valence-electron chi connectivity index (χ1n) is 6.87. The van der Waals surface area contributed by atoms with Gasteiger partial charge in [-0.15, -0.1) is 0 Å². The molecule has 0 bridgehead atoms. The zero-order valence-electron chi connectivity index (χ0n) is 12.0. The molecule has 0 radical (unpaired) electrons. The van der Waals surface area contributed by atoms with Gasteiger partial charge in [0.25, 0.3) is 5.91 Å². The van der Waals surface area contributed by atoms with Gasteiger partial charge in [0.15, 0.2) is 0 Å². The number of aryl methyl sites for hydroxylation is 2. The first kappa shape index (κ1) is 14.4. The molecular formula is C15H21N3O2. The maximum atomic E-state index is 12.6. The molecule has 20 heavy (non-hydrogen) atoms. The number of amidine groups is 1. The van der Waals surface area contributed by atoms with Crippen LogP contribution >= 0.6 is 0 Å². The Morgan fingerprint density at radius 1 is 1.45 bits per heavy atom. The van der Waals surface area contributed by atoms with Gasteiger partial charge >= 0.3 is 0 Å². The van der Waals surface area contributed by atoms with Gasteiger partial charge in [-0.1, -0.05) is 22.9 Å². The zero-order valence-corrected chi connectivity index (χ0v) is 12.0. The number of nitrogens with two attached hydrogens (primary N) is 1. The lowest BCUT2D eigenvalue weighted by Crippen LogP contribution is -2.36. The highest BCUT2D eigenvalue weighted by atomic mass is 16.4. The van der Waals surface area contributed by atoms with Crippen LogP contribution in [0.5, 0.6) is 0 Å². The summed E-state index contributed by atoms with van der Waals surface area (Å²) in [4.78, 5) is 14.5. The molecule has 1 aromatic carbocycles. The van der Waals surface area contributed by atoms with Crippen molar-refractivity contribution in [1.82, 2.24) is 4.90 Å². The van der Waals surface area contributed by atoms with Crippen LogP contribution in [0.4, 0.5) is 0 Å². The molecule has 2 rings (SSSR count). The monoisotopic (exact) mass is 275 g/mol. The quantitative estimate of drug-likeness (QED) is 0.373. The highest BCUT2D eigenvalue weighted by Gasteiger charge is 2.33. The van der Waals surface area contributed by atoms with Crippen LogP contribution in [0.2, 0.25) is 0 Å². The molecule has 5 heteroatoms. The Balaban J connectivity index is 2.14. The Labute approximate surface area is 119 Å². The second-order valence-electron chi connectivity index (χ2n) is 5.39. The molecule has 108 valence electrons. The second kappa shape index (κ2) is 5.94. The minimum absolute atomic E-state index is 0.0377. The molecule has 0 heterocycles. The summed E-state index contributed by atoms with van der Waals surface area (Å²) in [6.07, 6.45) is 2.46. The smallest absolute Gasteiger partial charge is 0.254 e. The van der Waals surface area contributed by atoms with Gasteiger partial charge in [-0.2, -0.15) is 0 Å². The Bertz CT molecular complexity index is 536. The van der Waals surface area contributed by atoms with Crippen molar-refractivity contribution in [2.24, 2.45) is 10.9 Å². The highest BCUT2D eigenvalue weighted by molar-refractivity contribution is 5.96. The first-order chi connectivity index (χ1) is 9.52. The number of carbonyl (C=O) groups is 1. The minimum Gasteiger partial charge on any atom is -0.409 e. The third-order valence-electron chi connectivity index (χ3n) is 3.60. The summed E-state index contributed by atoms with van der Waals surface area (Å²) in [7, 11) is 0. The highest BCUT2D eigenvalue weighted by Crippen LogP contribution is 2.29. The second-order valence-corrected chi connectivity index (χ2v) is 5.39. The maximum Gasteiger partial charge on any atom is 0.254 e. The molecule has 5 nitrogen and oxygen atoms in total. The predicted octanol–water partition coefficient (Wildman–Crippen LogP) is 2.04. The van der Waals surface area contributed by atoms with Crippen molar-refractivity contribution >= 4 is 11.7 Å². The summed E-state index contributed by atoms with van der Waals surface area (Å²) in [6, 6.07) is 6.15. The van der Waals surface area contributed by atoms with Crippen LogP contribution in [-0.4, -0.2) is 34.4 Å². The summed E-state index contributed by atoms with van der Waals surface area (Å²) in [5, 5.41) is 11.5. The Hall–Kier alpha value is -2.04. The predicted molar refractivity (Wildman–Crippen MR) is 78.0 cm³/mol. The molecule has 0 spiro atoms. The number of nitrogens with zero attached hydrogens (tertiary/aromatic N) is 2.